The molecule has 156 valence electrons. The zero-order chi connectivity index (χ0) is 21.0. The molecule has 1 aromatic heterocycles. The minimum Gasteiger partial charge on any atom is -0.383 e. The molecule has 8 heteroatoms. The lowest BCUT2D eigenvalue weighted by atomic mass is 10.2. The van der Waals surface area contributed by atoms with Gasteiger partial charge in [0.2, 0.25) is 5.91 Å². The summed E-state index contributed by atoms with van der Waals surface area (Å²) >= 11 is 0. The number of nitrogen functional groups attached to an aromatic ring is 1. The summed E-state index contributed by atoms with van der Waals surface area (Å²) in [6.07, 6.45) is 2.81. The number of carbonyl (C=O) groups excluding carboxylic acids is 1. The van der Waals surface area contributed by atoms with E-state index >= 15 is 0 Å². The van der Waals surface area contributed by atoms with Crippen molar-refractivity contribution in [3.8, 4) is 0 Å². The number of anilines is 3. The van der Waals surface area contributed by atoms with E-state index in [2.05, 4.69) is 4.98 Å². The first-order chi connectivity index (χ1) is 14.0. The maximum Gasteiger partial charge on any atom is 0.330 e. The first kappa shape index (κ1) is 20.7. The van der Waals surface area contributed by atoms with Crippen LogP contribution in [0.3, 0.4) is 0 Å². The summed E-state index contributed by atoms with van der Waals surface area (Å²) in [5.74, 6) is 0.177. The van der Waals surface area contributed by atoms with Crippen LogP contribution in [0, 0.1) is 0 Å². The number of carbonyl (C=O) groups is 1. The third kappa shape index (κ3) is 4.21. The molecule has 0 spiro atoms. The minimum atomic E-state index is -0.513. The highest BCUT2D eigenvalue weighted by molar-refractivity contribution is 5.95. The van der Waals surface area contributed by atoms with Gasteiger partial charge < -0.3 is 15.5 Å². The normalized spacial score (nSPS) is 12.8. The first-order valence-electron chi connectivity index (χ1n) is 10.2. The van der Waals surface area contributed by atoms with E-state index in [-0.39, 0.29) is 23.8 Å². The number of fused-ring (bicyclic) bond motifs is 1. The molecule has 2 aromatic rings. The predicted octanol–water partition coefficient (Wildman–Crippen LogP) is 1.72. The van der Waals surface area contributed by atoms with Gasteiger partial charge in [0.05, 0.1) is 0 Å². The number of hydrogen-bond donors (Lipinski definition) is 2. The molecule has 0 saturated carbocycles. The average molecular weight is 399 g/mol. The number of aromatic nitrogens is 2. The largest absolute Gasteiger partial charge is 0.383 e. The molecule has 1 aromatic carbocycles. The maximum absolute atomic E-state index is 12.8. The Kier molecular flexibility index (Phi) is 6.41. The number of nitrogens with two attached hydrogens (primary N) is 1. The van der Waals surface area contributed by atoms with Gasteiger partial charge in [0.1, 0.15) is 11.5 Å². The molecule has 0 fully saturated rings. The fourth-order valence-corrected chi connectivity index (χ4v) is 3.81. The molecule has 0 bridgehead atoms. The van der Waals surface area contributed by atoms with Gasteiger partial charge in [-0.2, -0.15) is 0 Å². The van der Waals surface area contributed by atoms with Crippen molar-refractivity contribution < 1.29 is 4.79 Å². The molecule has 1 aliphatic heterocycles. The second-order valence-corrected chi connectivity index (χ2v) is 7.25. The van der Waals surface area contributed by atoms with E-state index in [0.29, 0.717) is 26.2 Å². The quantitative estimate of drug-likeness (QED) is 0.703. The topological polar surface area (TPSA) is 104 Å². The van der Waals surface area contributed by atoms with Crippen molar-refractivity contribution in [1.82, 2.24) is 9.55 Å². The van der Waals surface area contributed by atoms with E-state index in [1.807, 2.05) is 38.1 Å². The van der Waals surface area contributed by atoms with Gasteiger partial charge in [-0.3, -0.25) is 19.1 Å². The van der Waals surface area contributed by atoms with Crippen LogP contribution in [0.5, 0.6) is 0 Å². The summed E-state index contributed by atoms with van der Waals surface area (Å²) in [4.78, 5) is 43.4. The Morgan fingerprint density at radius 2 is 2.00 bits per heavy atom. The molecule has 8 nitrogen and oxygen atoms in total. The van der Waals surface area contributed by atoms with Crippen molar-refractivity contribution in [2.45, 2.75) is 46.1 Å². The summed E-state index contributed by atoms with van der Waals surface area (Å²) in [5, 5.41) is 0. The molecule has 0 saturated heterocycles. The van der Waals surface area contributed by atoms with Gasteiger partial charge in [-0.25, -0.2) is 4.79 Å². The van der Waals surface area contributed by atoms with Crippen LogP contribution in [-0.2, 0) is 17.8 Å². The number of H-pyrrole nitrogens is 1. The monoisotopic (exact) mass is 399 g/mol. The Hall–Kier alpha value is -3.03. The van der Waals surface area contributed by atoms with E-state index in [0.717, 1.165) is 24.9 Å². The van der Waals surface area contributed by atoms with Crippen LogP contribution < -0.4 is 26.8 Å². The van der Waals surface area contributed by atoms with Crippen LogP contribution in [0.4, 0.5) is 17.2 Å². The number of amides is 1. The molecule has 0 radical (unpaired) electrons. The van der Waals surface area contributed by atoms with Crippen LogP contribution in [0.2, 0.25) is 0 Å². The predicted molar refractivity (Wildman–Crippen MR) is 116 cm³/mol. The molecule has 1 aliphatic rings. The molecule has 0 unspecified atom stereocenters. The Morgan fingerprint density at radius 1 is 1.24 bits per heavy atom. The molecule has 0 aliphatic carbocycles. The fourth-order valence-electron chi connectivity index (χ4n) is 3.81. The van der Waals surface area contributed by atoms with Crippen LogP contribution in [0.25, 0.3) is 0 Å². The van der Waals surface area contributed by atoms with Crippen molar-refractivity contribution in [2.75, 3.05) is 35.2 Å². The molecule has 29 heavy (non-hydrogen) atoms. The number of nitrogens with one attached hydrogen (secondary N) is 1. The van der Waals surface area contributed by atoms with Crippen LogP contribution in [0.1, 0.15) is 38.7 Å². The van der Waals surface area contributed by atoms with Crippen LogP contribution in [-0.4, -0.2) is 35.1 Å². The van der Waals surface area contributed by atoms with Crippen LogP contribution >= 0.6 is 0 Å². The molecule has 2 heterocycles. The van der Waals surface area contributed by atoms with E-state index in [1.165, 1.54) is 10.1 Å². The lowest BCUT2D eigenvalue weighted by Crippen LogP contribution is -2.40. The lowest BCUT2D eigenvalue weighted by Gasteiger charge is -2.26. The maximum atomic E-state index is 12.8. The molecule has 1 amide bonds. The van der Waals surface area contributed by atoms with Gasteiger partial charge in [0.25, 0.3) is 5.56 Å². The van der Waals surface area contributed by atoms with Crippen molar-refractivity contribution in [3.05, 3.63) is 50.7 Å². The highest BCUT2D eigenvalue weighted by Gasteiger charge is 2.25. The highest BCUT2D eigenvalue weighted by Crippen LogP contribution is 2.28. The fraction of sp³-hybridized carbons (Fsp3) is 0.476. The third-order valence-corrected chi connectivity index (χ3v) is 5.43. The Balaban J connectivity index is 1.78. The van der Waals surface area contributed by atoms with E-state index in [4.69, 9.17) is 5.73 Å². The van der Waals surface area contributed by atoms with Gasteiger partial charge >= 0.3 is 5.69 Å². The smallest absolute Gasteiger partial charge is 0.330 e. The Bertz CT molecular complexity index is 995. The number of rotatable bonds is 8. The number of unbranched alkanes of at least 4 members (excludes halogenated alkanes) is 1. The number of aromatic amines is 1. The third-order valence-electron chi connectivity index (χ3n) is 5.43. The second kappa shape index (κ2) is 8.98. The van der Waals surface area contributed by atoms with Crippen molar-refractivity contribution >= 4 is 23.1 Å². The second-order valence-electron chi connectivity index (χ2n) is 7.25. The van der Waals surface area contributed by atoms with Gasteiger partial charge in [0, 0.05) is 38.3 Å². The average Bonchev–Trinajstić information content (AvgIpc) is 3.14. The molecule has 3 rings (SSSR count). The Labute approximate surface area is 169 Å². The first-order valence-corrected chi connectivity index (χ1v) is 10.2. The zero-order valence-corrected chi connectivity index (χ0v) is 17.1. The summed E-state index contributed by atoms with van der Waals surface area (Å²) in [6.45, 7) is 5.90. The molecule has 3 N–H and O–H groups in total. The van der Waals surface area contributed by atoms with Gasteiger partial charge in [0.15, 0.2) is 0 Å². The zero-order valence-electron chi connectivity index (χ0n) is 17.1. The van der Waals surface area contributed by atoms with E-state index in [9.17, 15) is 14.4 Å². The number of hydrogen-bond acceptors (Lipinski definition) is 5. The van der Waals surface area contributed by atoms with E-state index < -0.39 is 11.2 Å². The summed E-state index contributed by atoms with van der Waals surface area (Å²) < 4.78 is 1.40. The summed E-state index contributed by atoms with van der Waals surface area (Å²) in [7, 11) is 0. The summed E-state index contributed by atoms with van der Waals surface area (Å²) in [6, 6.07) is 7.92. The number of nitrogens with zero attached hydrogens (tertiary/aromatic N) is 3. The SMILES string of the molecule is CCCCn1c(N)c(N(CC)CCC(=O)N2CCc3ccccc32)c(=O)[nH]c1=O. The Morgan fingerprint density at radius 3 is 2.72 bits per heavy atom. The molecular weight excluding hydrogens is 370 g/mol. The minimum absolute atomic E-state index is 0.0164. The lowest BCUT2D eigenvalue weighted by molar-refractivity contribution is -0.118. The molecular formula is C21H29N5O3. The van der Waals surface area contributed by atoms with Crippen molar-refractivity contribution in [1.29, 1.82) is 0 Å². The molecule has 0 atom stereocenters. The van der Waals surface area contributed by atoms with Gasteiger partial charge in [-0.05, 0) is 31.4 Å². The standard InChI is InChI=1S/C21H29N5O3/c1-3-5-12-26-19(22)18(20(28)23-21(26)29)24(4-2)13-11-17(27)25-14-10-15-8-6-7-9-16(15)25/h6-9H,3-5,10-14,22H2,1-2H3,(H,23,28,29). The highest BCUT2D eigenvalue weighted by atomic mass is 16.2. The van der Waals surface area contributed by atoms with Gasteiger partial charge in [-0.1, -0.05) is 31.5 Å². The van der Waals surface area contributed by atoms with Gasteiger partial charge in [-0.15, -0.1) is 0 Å². The van der Waals surface area contributed by atoms with Crippen molar-refractivity contribution in [2.24, 2.45) is 0 Å². The summed E-state index contributed by atoms with van der Waals surface area (Å²) in [5.41, 5.74) is 7.60. The van der Waals surface area contributed by atoms with Crippen molar-refractivity contribution in [3.63, 3.8) is 0 Å². The van der Waals surface area contributed by atoms with Crippen LogP contribution in [0.15, 0.2) is 33.9 Å². The van der Waals surface area contributed by atoms with E-state index in [1.54, 1.807) is 9.80 Å². The number of benzene rings is 1. The number of para-hydroxylation sites is 1.